The van der Waals surface area contributed by atoms with Crippen molar-refractivity contribution in [2.75, 3.05) is 12.3 Å². The van der Waals surface area contributed by atoms with Gasteiger partial charge >= 0.3 is 0 Å². The van der Waals surface area contributed by atoms with Gasteiger partial charge in [-0.05, 0) is 30.7 Å². The average molecular weight is 273 g/mol. The molecule has 0 spiro atoms. The topological polar surface area (TPSA) is 59.2 Å². The Kier molecular flexibility index (Phi) is 4.30. The third kappa shape index (κ3) is 3.12. The summed E-state index contributed by atoms with van der Waals surface area (Å²) in [5.74, 6) is -0.947. The summed E-state index contributed by atoms with van der Waals surface area (Å²) in [5.41, 5.74) is 7.28. The van der Waals surface area contributed by atoms with Crippen molar-refractivity contribution in [3.63, 3.8) is 0 Å². The highest BCUT2D eigenvalue weighted by Crippen LogP contribution is 2.13. The van der Waals surface area contributed by atoms with E-state index in [2.05, 4.69) is 4.98 Å². The fraction of sp³-hybridized carbons (Fsp3) is 0.200. The molecule has 0 atom stereocenters. The Morgan fingerprint density at radius 2 is 2.00 bits per heavy atom. The number of carbonyl (C=O) groups is 1. The molecule has 2 rings (SSSR count). The molecule has 0 aliphatic carbocycles. The van der Waals surface area contributed by atoms with E-state index in [9.17, 15) is 9.18 Å². The van der Waals surface area contributed by atoms with Crippen LogP contribution in [0.15, 0.2) is 42.7 Å². The molecule has 104 valence electrons. The summed E-state index contributed by atoms with van der Waals surface area (Å²) in [4.78, 5) is 17.5. The van der Waals surface area contributed by atoms with Gasteiger partial charge in [0.1, 0.15) is 0 Å². The van der Waals surface area contributed by atoms with Crippen LogP contribution in [0.5, 0.6) is 0 Å². The van der Waals surface area contributed by atoms with Crippen molar-refractivity contribution in [3.8, 4) is 0 Å². The molecule has 0 unspecified atom stereocenters. The maximum absolute atomic E-state index is 13.6. The summed E-state index contributed by atoms with van der Waals surface area (Å²) >= 11 is 0. The van der Waals surface area contributed by atoms with Gasteiger partial charge in [0, 0.05) is 25.0 Å². The Labute approximate surface area is 117 Å². The number of hydrogen-bond donors (Lipinski definition) is 1. The Balaban J connectivity index is 2.18. The molecule has 1 aromatic heterocycles. The molecule has 1 heterocycles. The third-order valence-corrected chi connectivity index (χ3v) is 3.02. The van der Waals surface area contributed by atoms with Crippen molar-refractivity contribution in [2.45, 2.75) is 13.5 Å². The number of anilines is 1. The number of amides is 1. The molecule has 0 fully saturated rings. The van der Waals surface area contributed by atoms with Crippen molar-refractivity contribution in [1.29, 1.82) is 0 Å². The van der Waals surface area contributed by atoms with E-state index in [0.29, 0.717) is 18.8 Å². The predicted molar refractivity (Wildman–Crippen MR) is 75.5 cm³/mol. The van der Waals surface area contributed by atoms with E-state index in [1.165, 1.54) is 12.3 Å². The summed E-state index contributed by atoms with van der Waals surface area (Å²) in [6.45, 7) is 2.76. The molecule has 5 heteroatoms. The average Bonchev–Trinajstić information content (AvgIpc) is 2.46. The van der Waals surface area contributed by atoms with E-state index in [1.54, 1.807) is 17.0 Å². The Hall–Kier alpha value is -2.43. The standard InChI is InChI=1S/C15H16FN3O/c1-2-19(10-11-3-5-12(17)6-4-11)15(20)13-7-8-18-9-14(13)16/h3-9H,2,10,17H2,1H3. The van der Waals surface area contributed by atoms with Crippen LogP contribution < -0.4 is 5.73 Å². The van der Waals surface area contributed by atoms with E-state index in [4.69, 9.17) is 5.73 Å². The fourth-order valence-electron chi connectivity index (χ4n) is 1.89. The largest absolute Gasteiger partial charge is 0.399 e. The van der Waals surface area contributed by atoms with Gasteiger partial charge < -0.3 is 10.6 Å². The van der Waals surface area contributed by atoms with Crippen LogP contribution in [-0.4, -0.2) is 22.3 Å². The Morgan fingerprint density at radius 3 is 2.60 bits per heavy atom. The first-order chi connectivity index (χ1) is 9.61. The SMILES string of the molecule is CCN(Cc1ccc(N)cc1)C(=O)c1ccncc1F. The lowest BCUT2D eigenvalue weighted by atomic mass is 10.1. The maximum Gasteiger partial charge on any atom is 0.257 e. The molecule has 0 aliphatic heterocycles. The Morgan fingerprint density at radius 1 is 1.30 bits per heavy atom. The monoisotopic (exact) mass is 273 g/mol. The summed E-state index contributed by atoms with van der Waals surface area (Å²) in [7, 11) is 0. The first-order valence-electron chi connectivity index (χ1n) is 6.35. The number of carbonyl (C=O) groups excluding carboxylic acids is 1. The molecule has 1 amide bonds. The van der Waals surface area contributed by atoms with Crippen LogP contribution in [-0.2, 0) is 6.54 Å². The van der Waals surface area contributed by atoms with Crippen molar-refractivity contribution in [3.05, 3.63) is 59.7 Å². The number of halogens is 1. The highest BCUT2D eigenvalue weighted by Gasteiger charge is 2.18. The van der Waals surface area contributed by atoms with Gasteiger partial charge in [0.25, 0.3) is 5.91 Å². The molecule has 0 aliphatic rings. The van der Waals surface area contributed by atoms with Gasteiger partial charge in [-0.15, -0.1) is 0 Å². The van der Waals surface area contributed by atoms with Crippen LogP contribution in [0.4, 0.5) is 10.1 Å². The van der Waals surface area contributed by atoms with Crippen LogP contribution in [0, 0.1) is 5.82 Å². The molecular weight excluding hydrogens is 257 g/mol. The first-order valence-corrected chi connectivity index (χ1v) is 6.35. The molecule has 0 radical (unpaired) electrons. The van der Waals surface area contributed by atoms with Crippen LogP contribution in [0.25, 0.3) is 0 Å². The van der Waals surface area contributed by atoms with Crippen LogP contribution in [0.1, 0.15) is 22.8 Å². The summed E-state index contributed by atoms with van der Waals surface area (Å²) in [5, 5.41) is 0. The normalized spacial score (nSPS) is 10.3. The first kappa shape index (κ1) is 14.0. The number of nitrogens with zero attached hydrogens (tertiary/aromatic N) is 2. The Bertz CT molecular complexity index is 598. The predicted octanol–water partition coefficient (Wildman–Crippen LogP) is 2.47. The van der Waals surface area contributed by atoms with E-state index in [-0.39, 0.29) is 11.5 Å². The van der Waals surface area contributed by atoms with Gasteiger partial charge in [0.2, 0.25) is 0 Å². The van der Waals surface area contributed by atoms with Crippen molar-refractivity contribution in [1.82, 2.24) is 9.88 Å². The fourth-order valence-corrected chi connectivity index (χ4v) is 1.89. The molecule has 1 aromatic carbocycles. The molecule has 0 saturated carbocycles. The van der Waals surface area contributed by atoms with Gasteiger partial charge in [-0.1, -0.05) is 12.1 Å². The molecular formula is C15H16FN3O. The zero-order valence-electron chi connectivity index (χ0n) is 11.2. The van der Waals surface area contributed by atoms with Crippen LogP contribution in [0.3, 0.4) is 0 Å². The van der Waals surface area contributed by atoms with Crippen LogP contribution >= 0.6 is 0 Å². The van der Waals surface area contributed by atoms with Gasteiger partial charge in [-0.3, -0.25) is 9.78 Å². The van der Waals surface area contributed by atoms with Gasteiger partial charge in [0.15, 0.2) is 5.82 Å². The second-order valence-electron chi connectivity index (χ2n) is 4.42. The number of nitrogen functional groups attached to an aromatic ring is 1. The number of pyridine rings is 1. The number of benzene rings is 1. The van der Waals surface area contributed by atoms with Crippen molar-refractivity contribution in [2.24, 2.45) is 0 Å². The van der Waals surface area contributed by atoms with E-state index >= 15 is 0 Å². The van der Waals surface area contributed by atoms with Gasteiger partial charge in [-0.2, -0.15) is 0 Å². The lowest BCUT2D eigenvalue weighted by Gasteiger charge is -2.21. The highest BCUT2D eigenvalue weighted by molar-refractivity contribution is 5.94. The minimum atomic E-state index is -0.603. The summed E-state index contributed by atoms with van der Waals surface area (Å²) in [6.07, 6.45) is 2.46. The number of nitrogens with two attached hydrogens (primary N) is 1. The highest BCUT2D eigenvalue weighted by atomic mass is 19.1. The summed E-state index contributed by atoms with van der Waals surface area (Å²) in [6, 6.07) is 8.66. The summed E-state index contributed by atoms with van der Waals surface area (Å²) < 4.78 is 13.6. The van der Waals surface area contributed by atoms with E-state index < -0.39 is 5.82 Å². The van der Waals surface area contributed by atoms with E-state index in [0.717, 1.165) is 11.8 Å². The minimum absolute atomic E-state index is 0.0392. The lowest BCUT2D eigenvalue weighted by molar-refractivity contribution is 0.0747. The molecule has 0 bridgehead atoms. The van der Waals surface area contributed by atoms with Gasteiger partial charge in [0.05, 0.1) is 11.8 Å². The third-order valence-electron chi connectivity index (χ3n) is 3.02. The minimum Gasteiger partial charge on any atom is -0.399 e. The maximum atomic E-state index is 13.6. The molecule has 0 saturated heterocycles. The van der Waals surface area contributed by atoms with Crippen molar-refractivity contribution >= 4 is 11.6 Å². The second-order valence-corrected chi connectivity index (χ2v) is 4.42. The zero-order valence-corrected chi connectivity index (χ0v) is 11.2. The molecule has 4 nitrogen and oxygen atoms in total. The van der Waals surface area contributed by atoms with Crippen LogP contribution in [0.2, 0.25) is 0 Å². The second kappa shape index (κ2) is 6.14. The van der Waals surface area contributed by atoms with Gasteiger partial charge in [-0.25, -0.2) is 4.39 Å². The molecule has 20 heavy (non-hydrogen) atoms. The number of rotatable bonds is 4. The smallest absolute Gasteiger partial charge is 0.257 e. The van der Waals surface area contributed by atoms with E-state index in [1.807, 2.05) is 19.1 Å². The number of hydrogen-bond acceptors (Lipinski definition) is 3. The molecule has 2 aromatic rings. The number of aromatic nitrogens is 1. The zero-order chi connectivity index (χ0) is 14.5. The molecule has 2 N–H and O–H groups in total. The quantitative estimate of drug-likeness (QED) is 0.870. The van der Waals surface area contributed by atoms with Crippen molar-refractivity contribution < 1.29 is 9.18 Å². The lowest BCUT2D eigenvalue weighted by Crippen LogP contribution is -2.31.